The Kier molecular flexibility index (Phi) is 24.1. The molecule has 3 aromatic carbocycles. The standard InChI is InChI=1S/C71H91FN6O18/c1-39-49(38-71(92)61(95-64(89)43-20-14-11-15-21-43)59-69(8)34-33-45(69)37-50(80)70(59,9)60(86)57(85)55(39)68(71,6)7)93-65(90)58(56(42-18-12-10-13-19-42)78-66(91)96-67(3,4)5)94-54(84)32-31-51(81)75-35-17-16-22-47(63(74)88)77-53(83)30-26-44(62(73)87)36-48(79)40(2)76-52(82)29-25-41-23-27-46(72)28-24-41/h10-15,18-21,23-25,27-29,40,44-45,47,49-50,56-59,61,80,85,92H,16-17,22,26,30-38H2,1-9H3,(H2,73,87)(H2,74,88)(H,75,81)(H,76,82)(H,77,83)(H,78,91)/b29-25+/t40?,44-,45-,47?,49+,50+,56+,57-,58-,59-,61+,69-,70-,71-/m1/s1. The van der Waals surface area contributed by atoms with E-state index < -0.39 is 185 Å². The fraction of sp³-hybridized carbons (Fsp3) is 0.535. The van der Waals surface area contributed by atoms with Crippen molar-refractivity contribution in [2.45, 2.75) is 199 Å². The van der Waals surface area contributed by atoms with Crippen molar-refractivity contribution in [3.05, 3.63) is 125 Å². The predicted molar refractivity (Wildman–Crippen MR) is 346 cm³/mol. The zero-order valence-electron chi connectivity index (χ0n) is 55.8. The van der Waals surface area contributed by atoms with Crippen molar-refractivity contribution >= 4 is 71.2 Å². The summed E-state index contributed by atoms with van der Waals surface area (Å²) in [4.78, 5) is 149. The van der Waals surface area contributed by atoms with Crippen LogP contribution >= 0.6 is 0 Å². The van der Waals surface area contributed by atoms with Crippen LogP contribution in [-0.2, 0) is 62.1 Å². The van der Waals surface area contributed by atoms with Crippen LogP contribution in [0.3, 0.4) is 0 Å². The maximum Gasteiger partial charge on any atom is 0.408 e. The first-order valence-corrected chi connectivity index (χ1v) is 32.5. The molecule has 0 aromatic heterocycles. The zero-order chi connectivity index (χ0) is 70.8. The van der Waals surface area contributed by atoms with Crippen LogP contribution in [0.1, 0.15) is 167 Å². The number of rotatable bonds is 28. The van der Waals surface area contributed by atoms with E-state index in [2.05, 4.69) is 21.3 Å². The minimum absolute atomic E-state index is 0.0300. The third kappa shape index (κ3) is 17.3. The van der Waals surface area contributed by atoms with Gasteiger partial charge in [-0.1, -0.05) is 81.4 Å². The first kappa shape index (κ1) is 74.7. The summed E-state index contributed by atoms with van der Waals surface area (Å²) in [6, 6.07) is 17.6. The number of unbranched alkanes of at least 4 members (excludes halogenated alkanes) is 1. The molecule has 25 heteroatoms. The molecule has 2 bridgehead atoms. The van der Waals surface area contributed by atoms with E-state index in [-0.39, 0.29) is 73.3 Å². The van der Waals surface area contributed by atoms with Gasteiger partial charge < -0.3 is 67.0 Å². The number of benzene rings is 3. The summed E-state index contributed by atoms with van der Waals surface area (Å²) >= 11 is 0. The highest BCUT2D eigenvalue weighted by Crippen LogP contribution is 2.69. The number of alkyl carbamates (subject to hydrolysis) is 1. The SMILES string of the molecule is CC1=C2[C@@H](O)C(=O)[C@@]3(C)[C@H]([C@H](OC(=O)c4ccccc4)[C@](O)(C[C@@H]1OC(=O)[C@H](OC(=O)CCC(=O)NCCCCC(NC(=O)CC[C@H](CC(=O)C(C)NC(=O)/C=C/c1ccc(F)cc1)C(N)=O)C(N)=O)[C@@H](NC(=O)OC(C)(C)C)c1ccccc1)C2(C)C)[C@]1(C)CC[C@@H]1C[C@@H]3O. The van der Waals surface area contributed by atoms with Gasteiger partial charge in [0.2, 0.25) is 35.6 Å². The molecule has 96 heavy (non-hydrogen) atoms. The van der Waals surface area contributed by atoms with Gasteiger partial charge in [0.1, 0.15) is 47.4 Å². The van der Waals surface area contributed by atoms with Crippen LogP contribution in [-0.4, -0.2) is 141 Å². The monoisotopic (exact) mass is 1330 g/mol. The van der Waals surface area contributed by atoms with E-state index in [0.717, 1.165) is 6.08 Å². The number of hydrogen-bond acceptors (Lipinski definition) is 18. The maximum absolute atomic E-state index is 15.3. The van der Waals surface area contributed by atoms with Crippen molar-refractivity contribution in [3.8, 4) is 0 Å². The van der Waals surface area contributed by atoms with Gasteiger partial charge in [-0.15, -0.1) is 0 Å². The second kappa shape index (κ2) is 31.0. The molecule has 3 fully saturated rings. The average Bonchev–Trinajstić information content (AvgIpc) is 0.674. The lowest BCUT2D eigenvalue weighted by Crippen LogP contribution is -2.75. The maximum atomic E-state index is 15.3. The molecule has 3 aromatic rings. The molecule has 14 atom stereocenters. The molecular formula is C71H91FN6O18. The Morgan fingerprint density at radius 3 is 2.04 bits per heavy atom. The normalized spacial score (nSPS) is 25.8. The summed E-state index contributed by atoms with van der Waals surface area (Å²) in [7, 11) is 0. The van der Waals surface area contributed by atoms with E-state index in [9.17, 15) is 62.9 Å². The highest BCUT2D eigenvalue weighted by Gasteiger charge is 2.74. The number of aliphatic hydroxyl groups excluding tert-OH is 2. The molecule has 3 saturated carbocycles. The fourth-order valence-electron chi connectivity index (χ4n) is 14.2. The highest BCUT2D eigenvalue weighted by atomic mass is 19.1. The molecule has 6 amide bonds. The predicted octanol–water partition coefficient (Wildman–Crippen LogP) is 5.76. The summed E-state index contributed by atoms with van der Waals surface area (Å²) in [5.74, 6) is -11.0. The molecule has 0 heterocycles. The summed E-state index contributed by atoms with van der Waals surface area (Å²) in [6.45, 7) is 14.4. The molecule has 0 saturated heterocycles. The first-order chi connectivity index (χ1) is 45.0. The number of esters is 3. The number of hydrogen-bond donors (Lipinski definition) is 9. The van der Waals surface area contributed by atoms with Crippen molar-refractivity contribution in [3.63, 3.8) is 0 Å². The number of ketones is 2. The van der Waals surface area contributed by atoms with Gasteiger partial charge in [-0.25, -0.2) is 18.8 Å². The Labute approximate surface area is 557 Å². The molecule has 24 nitrogen and oxygen atoms in total. The third-order valence-electron chi connectivity index (χ3n) is 19.8. The zero-order valence-corrected chi connectivity index (χ0v) is 55.8. The van der Waals surface area contributed by atoms with E-state index >= 15 is 9.59 Å². The molecule has 11 N–H and O–H groups in total. The summed E-state index contributed by atoms with van der Waals surface area (Å²) in [6.07, 6.45) is -7.47. The number of halogens is 1. The van der Waals surface area contributed by atoms with Gasteiger partial charge in [0.05, 0.1) is 29.5 Å². The highest BCUT2D eigenvalue weighted by molar-refractivity contribution is 5.97. The van der Waals surface area contributed by atoms with Crippen molar-refractivity contribution in [2.75, 3.05) is 6.54 Å². The molecule has 7 rings (SSSR count). The quantitative estimate of drug-likeness (QED) is 0.0137. The van der Waals surface area contributed by atoms with Crippen molar-refractivity contribution < 1.29 is 91.4 Å². The van der Waals surface area contributed by atoms with Gasteiger partial charge in [-0.2, -0.15) is 0 Å². The van der Waals surface area contributed by atoms with Crippen LogP contribution in [0.15, 0.2) is 102 Å². The van der Waals surface area contributed by atoms with Gasteiger partial charge >= 0.3 is 24.0 Å². The summed E-state index contributed by atoms with van der Waals surface area (Å²) in [5, 5.41) is 48.7. The lowest BCUT2D eigenvalue weighted by atomic mass is 9.37. The Bertz CT molecular complexity index is 3470. The molecule has 520 valence electrons. The molecular weight excluding hydrogens is 1240 g/mol. The third-order valence-corrected chi connectivity index (χ3v) is 19.8. The number of ether oxygens (including phenoxy) is 4. The van der Waals surface area contributed by atoms with Crippen LogP contribution < -0.4 is 32.7 Å². The molecule has 4 aliphatic rings. The van der Waals surface area contributed by atoms with Crippen LogP contribution in [0.25, 0.3) is 6.08 Å². The van der Waals surface area contributed by atoms with Crippen LogP contribution in [0.4, 0.5) is 9.18 Å². The van der Waals surface area contributed by atoms with E-state index in [0.29, 0.717) is 18.4 Å². The van der Waals surface area contributed by atoms with Gasteiger partial charge in [0.25, 0.3) is 0 Å². The molecule has 0 radical (unpaired) electrons. The number of fused-ring (bicyclic) bond motifs is 5. The first-order valence-electron chi connectivity index (χ1n) is 32.5. The number of carbonyl (C=O) groups excluding carboxylic acids is 11. The van der Waals surface area contributed by atoms with Crippen LogP contribution in [0.2, 0.25) is 0 Å². The van der Waals surface area contributed by atoms with Gasteiger partial charge in [-0.05, 0) is 150 Å². The van der Waals surface area contributed by atoms with Crippen molar-refractivity contribution in [1.82, 2.24) is 21.3 Å². The van der Waals surface area contributed by atoms with Gasteiger partial charge in [0.15, 0.2) is 11.6 Å². The van der Waals surface area contributed by atoms with Gasteiger partial charge in [0, 0.05) is 55.6 Å². The lowest BCUT2D eigenvalue weighted by molar-refractivity contribution is -0.266. The Morgan fingerprint density at radius 2 is 1.44 bits per heavy atom. The van der Waals surface area contributed by atoms with E-state index in [4.69, 9.17) is 30.4 Å². The van der Waals surface area contributed by atoms with Crippen LogP contribution in [0, 0.1) is 39.8 Å². The van der Waals surface area contributed by atoms with Gasteiger partial charge in [-0.3, -0.25) is 38.4 Å². The van der Waals surface area contributed by atoms with Crippen molar-refractivity contribution in [2.24, 2.45) is 45.5 Å². The average molecular weight is 1340 g/mol. The van der Waals surface area contributed by atoms with Crippen LogP contribution in [0.5, 0.6) is 0 Å². The fourth-order valence-corrected chi connectivity index (χ4v) is 14.2. The molecule has 0 aliphatic heterocycles. The number of amides is 6. The Balaban J connectivity index is 1.02. The number of primary amides is 2. The smallest absolute Gasteiger partial charge is 0.408 e. The Morgan fingerprint density at radius 1 is 0.792 bits per heavy atom. The van der Waals surface area contributed by atoms with Crippen molar-refractivity contribution in [1.29, 1.82) is 0 Å². The molecule has 4 aliphatic carbocycles. The second-order valence-corrected chi connectivity index (χ2v) is 27.7. The molecule has 0 spiro atoms. The van der Waals surface area contributed by atoms with E-state index in [1.807, 2.05) is 6.92 Å². The number of Topliss-reactive ketones (excluding diaryl/α,β-unsaturated/α-hetero) is 2. The number of carbonyl (C=O) groups is 11. The Hall–Kier alpha value is -8.68. The number of nitrogens with two attached hydrogens (primary N) is 2. The minimum atomic E-state index is -2.28. The second-order valence-electron chi connectivity index (χ2n) is 27.7. The number of nitrogens with one attached hydrogen (secondary N) is 4. The van der Waals surface area contributed by atoms with E-state index in [1.165, 1.54) is 56.3 Å². The summed E-state index contributed by atoms with van der Waals surface area (Å²) in [5.41, 5.74) is 4.62. The summed E-state index contributed by atoms with van der Waals surface area (Å²) < 4.78 is 37.6. The minimum Gasteiger partial charge on any atom is -0.455 e. The van der Waals surface area contributed by atoms with E-state index in [1.54, 1.807) is 90.1 Å². The largest absolute Gasteiger partial charge is 0.455 e. The topological polar surface area (TPSA) is 386 Å². The lowest BCUT2D eigenvalue weighted by Gasteiger charge is -2.68. The molecule has 2 unspecified atom stereocenters. The number of aliphatic hydroxyl groups is 3.